The molecule has 1 heterocycles. The van der Waals surface area contributed by atoms with Gasteiger partial charge in [0.15, 0.2) is 0 Å². The van der Waals surface area contributed by atoms with Crippen molar-refractivity contribution in [2.24, 2.45) is 0 Å². The maximum atomic E-state index is 12.5. The summed E-state index contributed by atoms with van der Waals surface area (Å²) in [6, 6.07) is 9.02. The second kappa shape index (κ2) is 5.40. The molecule has 1 aromatic heterocycles. The van der Waals surface area contributed by atoms with Gasteiger partial charge < -0.3 is 4.74 Å². The molecule has 0 aliphatic rings. The molecule has 20 heavy (non-hydrogen) atoms. The van der Waals surface area contributed by atoms with Crippen LogP contribution in [-0.2, 0) is 0 Å². The van der Waals surface area contributed by atoms with Crippen LogP contribution in [0, 0.1) is 25.2 Å². The zero-order valence-corrected chi connectivity index (χ0v) is 12.2. The zero-order valence-electron chi connectivity index (χ0n) is 11.4. The standard InChI is InChI=1S/C15H13ClN2O2/c1-9-10(2)18(15(19)11(8-17)14(9)16)12-6-4-5-7-13(12)20-3/h4-7H,1-3H3. The molecule has 0 fully saturated rings. The largest absolute Gasteiger partial charge is 0.495 e. The molecule has 0 spiro atoms. The second-order valence-corrected chi connectivity index (χ2v) is 4.70. The van der Waals surface area contributed by atoms with Crippen molar-refractivity contribution in [3.05, 3.63) is 56.5 Å². The molecule has 0 N–H and O–H groups in total. The quantitative estimate of drug-likeness (QED) is 0.853. The fraction of sp³-hybridized carbons (Fsp3) is 0.200. The molecule has 0 unspecified atom stereocenters. The van der Waals surface area contributed by atoms with E-state index in [0.717, 1.165) is 0 Å². The van der Waals surface area contributed by atoms with Crippen molar-refractivity contribution in [1.82, 2.24) is 4.57 Å². The van der Waals surface area contributed by atoms with Gasteiger partial charge >= 0.3 is 0 Å². The van der Waals surface area contributed by atoms with E-state index in [4.69, 9.17) is 21.6 Å². The molecule has 102 valence electrons. The van der Waals surface area contributed by atoms with Gasteiger partial charge in [0.1, 0.15) is 17.4 Å². The number of methoxy groups -OCH3 is 1. The lowest BCUT2D eigenvalue weighted by atomic mass is 10.1. The second-order valence-electron chi connectivity index (χ2n) is 4.32. The third kappa shape index (κ3) is 2.06. The van der Waals surface area contributed by atoms with E-state index in [9.17, 15) is 4.79 Å². The molecule has 1 aromatic carbocycles. The number of benzene rings is 1. The first-order valence-electron chi connectivity index (χ1n) is 5.98. The van der Waals surface area contributed by atoms with Crippen molar-refractivity contribution < 1.29 is 4.74 Å². The van der Waals surface area contributed by atoms with Crippen LogP contribution in [0.25, 0.3) is 5.69 Å². The van der Waals surface area contributed by atoms with Gasteiger partial charge in [0.2, 0.25) is 0 Å². The summed E-state index contributed by atoms with van der Waals surface area (Å²) in [4.78, 5) is 12.5. The van der Waals surface area contributed by atoms with Crippen molar-refractivity contribution in [1.29, 1.82) is 5.26 Å². The maximum Gasteiger partial charge on any atom is 0.274 e. The molecule has 0 atom stereocenters. The number of halogens is 1. The van der Waals surface area contributed by atoms with Crippen LogP contribution < -0.4 is 10.3 Å². The highest BCUT2D eigenvalue weighted by Crippen LogP contribution is 2.26. The monoisotopic (exact) mass is 288 g/mol. The van der Waals surface area contributed by atoms with Gasteiger partial charge in [0.05, 0.1) is 17.8 Å². The molecule has 0 radical (unpaired) electrons. The average molecular weight is 289 g/mol. The Hall–Kier alpha value is -2.25. The topological polar surface area (TPSA) is 55.0 Å². The minimum Gasteiger partial charge on any atom is -0.495 e. The summed E-state index contributed by atoms with van der Waals surface area (Å²) in [5, 5.41) is 9.34. The van der Waals surface area contributed by atoms with Gasteiger partial charge in [-0.1, -0.05) is 23.7 Å². The molecule has 5 heteroatoms. The summed E-state index contributed by atoms with van der Waals surface area (Å²) >= 11 is 6.07. The number of pyridine rings is 1. The van der Waals surface area contributed by atoms with Crippen LogP contribution in [0.15, 0.2) is 29.1 Å². The van der Waals surface area contributed by atoms with Gasteiger partial charge in [0, 0.05) is 5.69 Å². The number of nitriles is 1. The van der Waals surface area contributed by atoms with Gasteiger partial charge in [-0.05, 0) is 31.5 Å². The van der Waals surface area contributed by atoms with E-state index in [1.165, 1.54) is 11.7 Å². The van der Waals surface area contributed by atoms with Crippen LogP contribution >= 0.6 is 11.6 Å². The number of hydrogen-bond acceptors (Lipinski definition) is 3. The molecule has 0 amide bonds. The van der Waals surface area contributed by atoms with E-state index in [1.54, 1.807) is 32.0 Å². The minimum atomic E-state index is -0.440. The Morgan fingerprint density at radius 3 is 2.55 bits per heavy atom. The van der Waals surface area contributed by atoms with Crippen molar-refractivity contribution in [3.63, 3.8) is 0 Å². The van der Waals surface area contributed by atoms with Crippen molar-refractivity contribution in [3.8, 4) is 17.5 Å². The number of hydrogen-bond donors (Lipinski definition) is 0. The predicted molar refractivity (Wildman–Crippen MR) is 77.8 cm³/mol. The lowest BCUT2D eigenvalue weighted by molar-refractivity contribution is 0.412. The smallest absolute Gasteiger partial charge is 0.274 e. The minimum absolute atomic E-state index is 0.0549. The number of rotatable bonds is 2. The first kappa shape index (κ1) is 14.2. The van der Waals surface area contributed by atoms with E-state index < -0.39 is 5.56 Å². The summed E-state index contributed by atoms with van der Waals surface area (Å²) in [6.07, 6.45) is 0. The molecular formula is C15H13ClN2O2. The Balaban J connectivity index is 2.93. The lowest BCUT2D eigenvalue weighted by Crippen LogP contribution is -2.25. The molecule has 0 aliphatic heterocycles. The van der Waals surface area contributed by atoms with Crippen LogP contribution in [0.3, 0.4) is 0 Å². The van der Waals surface area contributed by atoms with E-state index in [0.29, 0.717) is 22.7 Å². The lowest BCUT2D eigenvalue weighted by Gasteiger charge is -2.16. The molecule has 0 saturated heterocycles. The zero-order chi connectivity index (χ0) is 14.9. The number of ether oxygens (including phenoxy) is 1. The Labute approximate surface area is 121 Å². The Morgan fingerprint density at radius 2 is 1.95 bits per heavy atom. The molecule has 0 aliphatic carbocycles. The molecule has 2 aromatic rings. The highest BCUT2D eigenvalue weighted by Gasteiger charge is 2.18. The van der Waals surface area contributed by atoms with Crippen molar-refractivity contribution >= 4 is 11.6 Å². The summed E-state index contributed by atoms with van der Waals surface area (Å²) in [6.45, 7) is 3.57. The van der Waals surface area contributed by atoms with E-state index in [1.807, 2.05) is 12.1 Å². The van der Waals surface area contributed by atoms with Gasteiger partial charge in [-0.3, -0.25) is 9.36 Å². The van der Waals surface area contributed by atoms with Gasteiger partial charge in [-0.2, -0.15) is 5.26 Å². The normalized spacial score (nSPS) is 10.2. The van der Waals surface area contributed by atoms with Crippen LogP contribution in [-0.4, -0.2) is 11.7 Å². The first-order valence-corrected chi connectivity index (χ1v) is 6.36. The van der Waals surface area contributed by atoms with Crippen molar-refractivity contribution in [2.75, 3.05) is 7.11 Å². The fourth-order valence-corrected chi connectivity index (χ4v) is 2.33. The van der Waals surface area contributed by atoms with E-state index in [-0.39, 0.29) is 10.6 Å². The maximum absolute atomic E-state index is 12.5. The van der Waals surface area contributed by atoms with Crippen molar-refractivity contribution in [2.45, 2.75) is 13.8 Å². The molecule has 2 rings (SSSR count). The van der Waals surface area contributed by atoms with Crippen LogP contribution in [0.2, 0.25) is 5.02 Å². The third-order valence-electron chi connectivity index (χ3n) is 3.28. The summed E-state index contributed by atoms with van der Waals surface area (Å²) < 4.78 is 6.73. The molecule has 0 bridgehead atoms. The Kier molecular flexibility index (Phi) is 3.82. The number of nitrogens with zero attached hydrogens (tertiary/aromatic N) is 2. The third-order valence-corrected chi connectivity index (χ3v) is 3.75. The fourth-order valence-electron chi connectivity index (χ4n) is 2.07. The summed E-state index contributed by atoms with van der Waals surface area (Å²) in [5.74, 6) is 0.559. The number of aromatic nitrogens is 1. The molecule has 0 saturated carbocycles. The van der Waals surface area contributed by atoms with E-state index >= 15 is 0 Å². The van der Waals surface area contributed by atoms with Gasteiger partial charge in [0.25, 0.3) is 5.56 Å². The Morgan fingerprint density at radius 1 is 1.30 bits per heavy atom. The Bertz CT molecular complexity index is 773. The summed E-state index contributed by atoms with van der Waals surface area (Å²) in [5.41, 5.74) is 1.48. The highest BCUT2D eigenvalue weighted by molar-refractivity contribution is 6.32. The van der Waals surface area contributed by atoms with E-state index in [2.05, 4.69) is 0 Å². The molecule has 4 nitrogen and oxygen atoms in total. The van der Waals surface area contributed by atoms with Crippen LogP contribution in [0.5, 0.6) is 5.75 Å². The highest BCUT2D eigenvalue weighted by atomic mass is 35.5. The number of para-hydroxylation sites is 2. The van der Waals surface area contributed by atoms with Crippen LogP contribution in [0.1, 0.15) is 16.8 Å². The molecular weight excluding hydrogens is 276 g/mol. The SMILES string of the molecule is COc1ccccc1-n1c(C)c(C)c(Cl)c(C#N)c1=O. The average Bonchev–Trinajstić information content (AvgIpc) is 2.46. The predicted octanol–water partition coefficient (Wildman–Crippen LogP) is 2.99. The van der Waals surface area contributed by atoms with Crippen LogP contribution in [0.4, 0.5) is 0 Å². The first-order chi connectivity index (χ1) is 9.52. The van der Waals surface area contributed by atoms with Gasteiger partial charge in [-0.25, -0.2) is 0 Å². The van der Waals surface area contributed by atoms with Gasteiger partial charge in [-0.15, -0.1) is 0 Å². The summed E-state index contributed by atoms with van der Waals surface area (Å²) in [7, 11) is 1.53.